The van der Waals surface area contributed by atoms with E-state index in [1.807, 2.05) is 32.0 Å². The minimum Gasteiger partial charge on any atom is -0.493 e. The van der Waals surface area contributed by atoms with Crippen LogP contribution in [0.3, 0.4) is 0 Å². The number of rotatable bonds is 14. The maximum absolute atomic E-state index is 6.64. The molecule has 1 aromatic rings. The van der Waals surface area contributed by atoms with Gasteiger partial charge in [0.15, 0.2) is 25.6 Å². The molecule has 238 valence electrons. The van der Waals surface area contributed by atoms with E-state index in [1.54, 1.807) is 14.2 Å². The molecule has 2 aliphatic heterocycles. The number of ether oxygens (including phenoxy) is 6. The van der Waals surface area contributed by atoms with Crippen molar-refractivity contribution in [2.75, 3.05) is 27.4 Å². The molecule has 4 atom stereocenters. The number of methoxy groups -OCH3 is 2. The molecular formula is C32H50ClIO7Si. The van der Waals surface area contributed by atoms with E-state index in [2.05, 4.69) is 68.6 Å². The highest BCUT2D eigenvalue weighted by Crippen LogP contribution is 2.38. The molecule has 0 saturated carbocycles. The lowest BCUT2D eigenvalue weighted by atomic mass is 10.0. The third-order valence-electron chi connectivity index (χ3n) is 8.28. The van der Waals surface area contributed by atoms with E-state index in [0.717, 1.165) is 36.3 Å². The summed E-state index contributed by atoms with van der Waals surface area (Å²) in [7, 11) is 1.50. The van der Waals surface area contributed by atoms with E-state index in [9.17, 15) is 0 Å². The first-order valence-corrected chi connectivity index (χ1v) is 19.1. The summed E-state index contributed by atoms with van der Waals surface area (Å²) >= 11 is 9.01. The zero-order valence-electron chi connectivity index (χ0n) is 26.8. The number of halogens is 2. The van der Waals surface area contributed by atoms with Gasteiger partial charge < -0.3 is 32.8 Å². The Bertz CT molecular complexity index is 1090. The Kier molecular flexibility index (Phi) is 13.3. The van der Waals surface area contributed by atoms with Crippen LogP contribution in [0, 0.1) is 0 Å². The van der Waals surface area contributed by atoms with Crippen molar-refractivity contribution in [1.29, 1.82) is 0 Å². The van der Waals surface area contributed by atoms with Crippen LogP contribution in [-0.2, 0) is 30.0 Å². The molecule has 2 fully saturated rings. The molecule has 7 nitrogen and oxygen atoms in total. The quantitative estimate of drug-likeness (QED) is 0.140. The number of allylic oxidation sites excluding steroid dienone is 3. The Hall–Kier alpha value is -0.663. The maximum atomic E-state index is 6.64. The number of benzene rings is 1. The van der Waals surface area contributed by atoms with Crippen molar-refractivity contribution in [1.82, 2.24) is 0 Å². The fraction of sp³-hybridized carbons (Fsp3) is 0.688. The summed E-state index contributed by atoms with van der Waals surface area (Å²) in [5, 5.41) is 1.05. The van der Waals surface area contributed by atoms with Crippen LogP contribution in [0.4, 0.5) is 0 Å². The van der Waals surface area contributed by atoms with Gasteiger partial charge in [0.25, 0.3) is 0 Å². The standard InChI is InChI=1S/C32H50ClIO7Si/c1-31(2,3)42(8,9)39-20-24(34)12-10-11-23(33)14-15-25-18-28(30(40-25)29-21-38-32(4,5)41-29)37-19-22-13-16-26(35-6)27(17-22)36-7/h11-13,16-17,25,28-30H,10,14-15,18-21H2,1-9H3/b23-11-,24-12-/t25-,28-,29-,30+/m1/s1. The normalized spacial score (nSPS) is 25.2. The number of hydrogen-bond acceptors (Lipinski definition) is 7. The average Bonchev–Trinajstić information content (AvgIpc) is 3.50. The molecule has 2 aliphatic rings. The largest absolute Gasteiger partial charge is 0.493 e. The molecule has 2 saturated heterocycles. The van der Waals surface area contributed by atoms with Gasteiger partial charge in [-0.3, -0.25) is 0 Å². The summed E-state index contributed by atoms with van der Waals surface area (Å²) in [4.78, 5) is 0. The molecule has 0 N–H and O–H groups in total. The van der Waals surface area contributed by atoms with Crippen LogP contribution in [0.15, 0.2) is 39.0 Å². The van der Waals surface area contributed by atoms with E-state index >= 15 is 0 Å². The zero-order chi connectivity index (χ0) is 31.1. The van der Waals surface area contributed by atoms with Crippen LogP contribution < -0.4 is 9.47 Å². The van der Waals surface area contributed by atoms with Gasteiger partial charge in [0.1, 0.15) is 12.2 Å². The Labute approximate surface area is 272 Å². The van der Waals surface area contributed by atoms with Crippen LogP contribution in [-0.4, -0.2) is 66.0 Å². The van der Waals surface area contributed by atoms with Gasteiger partial charge in [-0.1, -0.05) is 50.6 Å². The van der Waals surface area contributed by atoms with Crippen LogP contribution >= 0.6 is 34.2 Å². The molecule has 0 aliphatic carbocycles. The van der Waals surface area contributed by atoms with Crippen molar-refractivity contribution in [3.8, 4) is 11.5 Å². The minimum absolute atomic E-state index is 0.0218. The van der Waals surface area contributed by atoms with E-state index in [4.69, 9.17) is 44.4 Å². The van der Waals surface area contributed by atoms with Crippen molar-refractivity contribution in [2.45, 2.75) is 115 Å². The Morgan fingerprint density at radius 3 is 2.48 bits per heavy atom. The average molecular weight is 737 g/mol. The van der Waals surface area contributed by atoms with Crippen molar-refractivity contribution in [3.63, 3.8) is 0 Å². The molecule has 0 bridgehead atoms. The third kappa shape index (κ3) is 10.5. The van der Waals surface area contributed by atoms with Gasteiger partial charge in [-0.15, -0.1) is 0 Å². The summed E-state index contributed by atoms with van der Waals surface area (Å²) in [6, 6.07) is 5.83. The lowest BCUT2D eigenvalue weighted by Crippen LogP contribution is -2.41. The predicted octanol–water partition coefficient (Wildman–Crippen LogP) is 8.53. The summed E-state index contributed by atoms with van der Waals surface area (Å²) in [6.45, 7) is 16.8. The van der Waals surface area contributed by atoms with Crippen LogP contribution in [0.5, 0.6) is 11.5 Å². The number of hydrogen-bond donors (Lipinski definition) is 0. The fourth-order valence-electron chi connectivity index (χ4n) is 4.73. The molecule has 0 amide bonds. The minimum atomic E-state index is -1.76. The monoisotopic (exact) mass is 736 g/mol. The molecule has 0 spiro atoms. The van der Waals surface area contributed by atoms with Gasteiger partial charge in [-0.25, -0.2) is 0 Å². The molecule has 0 aromatic heterocycles. The van der Waals surface area contributed by atoms with Gasteiger partial charge >= 0.3 is 0 Å². The van der Waals surface area contributed by atoms with Gasteiger partial charge in [0.2, 0.25) is 0 Å². The SMILES string of the molecule is COc1ccc(CO[C@@H]2C[C@@H](CC/C(Cl)=C/C/C=C(\I)CO[Si](C)(C)C(C)(C)C)O[C@@H]2[C@H]2COC(C)(C)O2)cc1OC. The Morgan fingerprint density at radius 2 is 1.86 bits per heavy atom. The van der Waals surface area contributed by atoms with E-state index in [0.29, 0.717) is 31.3 Å². The predicted molar refractivity (Wildman–Crippen MR) is 179 cm³/mol. The van der Waals surface area contributed by atoms with Crippen molar-refractivity contribution in [2.24, 2.45) is 0 Å². The molecule has 0 radical (unpaired) electrons. The molecule has 2 heterocycles. The van der Waals surface area contributed by atoms with Gasteiger partial charge in [0, 0.05) is 15.0 Å². The molecule has 42 heavy (non-hydrogen) atoms. The molecule has 3 rings (SSSR count). The van der Waals surface area contributed by atoms with Crippen molar-refractivity contribution in [3.05, 3.63) is 44.5 Å². The molecule has 1 aromatic carbocycles. The lowest BCUT2D eigenvalue weighted by molar-refractivity contribution is -0.164. The molecular weight excluding hydrogens is 687 g/mol. The van der Waals surface area contributed by atoms with Crippen LogP contribution in [0.1, 0.15) is 65.9 Å². The van der Waals surface area contributed by atoms with Crippen molar-refractivity contribution >= 4 is 42.5 Å². The summed E-state index contributed by atoms with van der Waals surface area (Å²) in [6.07, 6.45) is 6.88. The summed E-state index contributed by atoms with van der Waals surface area (Å²) in [5.41, 5.74) is 1.00. The highest BCUT2D eigenvalue weighted by Gasteiger charge is 2.46. The first kappa shape index (κ1) is 35.8. The smallest absolute Gasteiger partial charge is 0.192 e. The summed E-state index contributed by atoms with van der Waals surface area (Å²) < 4.78 is 43.3. The van der Waals surface area contributed by atoms with E-state index in [-0.39, 0.29) is 29.5 Å². The molecule has 0 unspecified atom stereocenters. The highest BCUT2D eigenvalue weighted by atomic mass is 127. The second kappa shape index (κ2) is 15.6. The van der Waals surface area contributed by atoms with E-state index in [1.165, 1.54) is 3.58 Å². The fourth-order valence-corrected chi connectivity index (χ4v) is 6.58. The van der Waals surface area contributed by atoms with Crippen LogP contribution in [0.25, 0.3) is 0 Å². The van der Waals surface area contributed by atoms with Crippen molar-refractivity contribution < 1.29 is 32.8 Å². The highest BCUT2D eigenvalue weighted by molar-refractivity contribution is 14.1. The zero-order valence-corrected chi connectivity index (χ0v) is 30.7. The third-order valence-corrected chi connectivity index (χ3v) is 13.9. The topological polar surface area (TPSA) is 64.6 Å². The van der Waals surface area contributed by atoms with E-state index < -0.39 is 14.1 Å². The van der Waals surface area contributed by atoms with Gasteiger partial charge in [-0.05, 0) is 91.5 Å². The summed E-state index contributed by atoms with van der Waals surface area (Å²) in [5.74, 6) is 0.739. The second-order valence-electron chi connectivity index (χ2n) is 13.0. The Morgan fingerprint density at radius 1 is 1.14 bits per heavy atom. The second-order valence-corrected chi connectivity index (χ2v) is 19.7. The maximum Gasteiger partial charge on any atom is 0.192 e. The Balaban J connectivity index is 1.55. The first-order valence-electron chi connectivity index (χ1n) is 14.8. The molecule has 10 heteroatoms. The first-order chi connectivity index (χ1) is 19.6. The van der Waals surface area contributed by atoms with Gasteiger partial charge in [0.05, 0.1) is 46.2 Å². The van der Waals surface area contributed by atoms with Gasteiger partial charge in [-0.2, -0.15) is 0 Å². The lowest BCUT2D eigenvalue weighted by Gasteiger charge is -2.36. The van der Waals surface area contributed by atoms with Crippen LogP contribution in [0.2, 0.25) is 18.1 Å².